The number of benzene rings is 1. The van der Waals surface area contributed by atoms with Crippen molar-refractivity contribution < 1.29 is 27.3 Å². The Kier molecular flexibility index (Phi) is 8.83. The van der Waals surface area contributed by atoms with Gasteiger partial charge in [0.15, 0.2) is 0 Å². The van der Waals surface area contributed by atoms with Crippen LogP contribution in [0.5, 0.6) is 0 Å². The summed E-state index contributed by atoms with van der Waals surface area (Å²) < 4.78 is 46.2. The molecule has 3 rings (SSSR count). The lowest BCUT2D eigenvalue weighted by molar-refractivity contribution is 0.00322. The number of nitrogens with one attached hydrogen (secondary N) is 1. The maximum atomic E-state index is 14.9. The SMILES string of the molecule is CC(C)(C)OP(=O)(OC[C@@H]1C[C@H](F)[C@H](n2ccc(NC(=O)c3ccccc3)nc2=O)S1)OC(C)(C)C. The van der Waals surface area contributed by atoms with Gasteiger partial charge in [-0.1, -0.05) is 18.2 Å². The first-order chi connectivity index (χ1) is 16.6. The maximum absolute atomic E-state index is 14.9. The van der Waals surface area contributed by atoms with Crippen molar-refractivity contribution in [2.24, 2.45) is 0 Å². The van der Waals surface area contributed by atoms with E-state index in [0.717, 1.165) is 0 Å². The number of nitrogens with zero attached hydrogens (tertiary/aromatic N) is 2. The van der Waals surface area contributed by atoms with Gasteiger partial charge in [-0.05, 0) is 66.2 Å². The number of carbonyl (C=O) groups is 1. The number of phosphoric ester groups is 1. The number of halogens is 1. The summed E-state index contributed by atoms with van der Waals surface area (Å²) in [6, 6.07) is 9.96. The molecule has 0 spiro atoms. The lowest BCUT2D eigenvalue weighted by Crippen LogP contribution is -2.29. The van der Waals surface area contributed by atoms with Gasteiger partial charge >= 0.3 is 13.5 Å². The average Bonchev–Trinajstić information content (AvgIpc) is 3.11. The summed E-state index contributed by atoms with van der Waals surface area (Å²) in [4.78, 5) is 28.8. The quantitative estimate of drug-likeness (QED) is 0.431. The van der Waals surface area contributed by atoms with E-state index in [0.29, 0.717) is 5.56 Å². The highest BCUT2D eigenvalue weighted by molar-refractivity contribution is 8.00. The van der Waals surface area contributed by atoms with Crippen LogP contribution in [0.1, 0.15) is 63.7 Å². The van der Waals surface area contributed by atoms with E-state index in [4.69, 9.17) is 13.6 Å². The van der Waals surface area contributed by atoms with Crippen molar-refractivity contribution in [1.29, 1.82) is 0 Å². The fourth-order valence-corrected chi connectivity index (χ4v) is 6.78. The number of carbonyl (C=O) groups excluding carboxylic acids is 1. The molecule has 0 bridgehead atoms. The minimum atomic E-state index is -3.94. The maximum Gasteiger partial charge on any atom is 0.475 e. The van der Waals surface area contributed by atoms with E-state index < -0.39 is 47.4 Å². The standard InChI is InChI=1S/C24H33FN3O6PS/c1-23(2,3)33-35(31,34-24(4,5)6)32-15-17-14-18(25)21(36-17)28-13-12-19(27-22(28)30)26-20(29)16-10-8-7-9-11-16/h7-13,17-18,21H,14-15H2,1-6H3,(H,26,27,29,30)/t17-,18-,21+/m0/s1. The molecule has 1 fully saturated rings. The third-order valence-electron chi connectivity index (χ3n) is 4.70. The number of hydrogen-bond acceptors (Lipinski definition) is 8. The minimum Gasteiger partial charge on any atom is -0.306 e. The molecule has 1 amide bonds. The van der Waals surface area contributed by atoms with Crippen molar-refractivity contribution in [2.75, 3.05) is 11.9 Å². The Labute approximate surface area is 214 Å². The Morgan fingerprint density at radius 1 is 1.14 bits per heavy atom. The van der Waals surface area contributed by atoms with E-state index in [1.807, 2.05) is 0 Å². The molecule has 12 heteroatoms. The summed E-state index contributed by atoms with van der Waals surface area (Å²) in [5, 5.41) is 1.33. The van der Waals surface area contributed by atoms with Crippen molar-refractivity contribution in [2.45, 2.75) is 76.0 Å². The molecule has 2 heterocycles. The first-order valence-electron chi connectivity index (χ1n) is 11.6. The van der Waals surface area contributed by atoms with Crippen LogP contribution in [0.15, 0.2) is 47.4 Å². The van der Waals surface area contributed by atoms with Crippen molar-refractivity contribution in [1.82, 2.24) is 9.55 Å². The second-order valence-electron chi connectivity index (χ2n) is 10.4. The van der Waals surface area contributed by atoms with E-state index in [-0.39, 0.29) is 18.8 Å². The molecule has 1 N–H and O–H groups in total. The van der Waals surface area contributed by atoms with Gasteiger partial charge < -0.3 is 5.32 Å². The van der Waals surface area contributed by atoms with Gasteiger partial charge in [-0.3, -0.25) is 22.9 Å². The molecule has 1 aliphatic heterocycles. The van der Waals surface area contributed by atoms with Gasteiger partial charge in [0.25, 0.3) is 5.91 Å². The number of thioether (sulfide) groups is 1. The summed E-state index contributed by atoms with van der Waals surface area (Å²) in [5.41, 5.74) is -1.85. The Hall–Kier alpha value is -2.04. The van der Waals surface area contributed by atoms with Crippen LogP contribution in [0.4, 0.5) is 10.2 Å². The van der Waals surface area contributed by atoms with Crippen molar-refractivity contribution in [3.8, 4) is 0 Å². The van der Waals surface area contributed by atoms with E-state index in [1.54, 1.807) is 71.9 Å². The Balaban J connectivity index is 1.66. The van der Waals surface area contributed by atoms with Gasteiger partial charge in [0.1, 0.15) is 17.4 Å². The van der Waals surface area contributed by atoms with Crippen LogP contribution in [0.25, 0.3) is 0 Å². The molecule has 0 aliphatic carbocycles. The van der Waals surface area contributed by atoms with E-state index in [2.05, 4.69) is 10.3 Å². The molecular weight excluding hydrogens is 508 g/mol. The van der Waals surface area contributed by atoms with Gasteiger partial charge in [0.05, 0.1) is 17.8 Å². The monoisotopic (exact) mass is 541 g/mol. The molecule has 2 aromatic rings. The smallest absolute Gasteiger partial charge is 0.306 e. The number of anilines is 1. The van der Waals surface area contributed by atoms with Gasteiger partial charge in [0.2, 0.25) is 0 Å². The molecule has 3 atom stereocenters. The predicted molar refractivity (Wildman–Crippen MR) is 138 cm³/mol. The second-order valence-corrected chi connectivity index (χ2v) is 13.3. The van der Waals surface area contributed by atoms with Crippen molar-refractivity contribution in [3.63, 3.8) is 0 Å². The van der Waals surface area contributed by atoms with E-state index in [1.165, 1.54) is 28.6 Å². The van der Waals surface area contributed by atoms with Crippen LogP contribution in [0, 0.1) is 0 Å². The highest BCUT2D eigenvalue weighted by Gasteiger charge is 2.41. The fourth-order valence-electron chi connectivity index (χ4n) is 3.42. The largest absolute Gasteiger partial charge is 0.475 e. The Morgan fingerprint density at radius 3 is 2.31 bits per heavy atom. The molecule has 1 aromatic heterocycles. The third kappa shape index (κ3) is 8.24. The van der Waals surface area contributed by atoms with Crippen LogP contribution in [-0.2, 0) is 18.1 Å². The number of phosphoric acid groups is 1. The summed E-state index contributed by atoms with van der Waals surface area (Å²) >= 11 is 1.18. The molecule has 0 unspecified atom stereocenters. The molecule has 1 aromatic carbocycles. The lowest BCUT2D eigenvalue weighted by atomic mass is 10.2. The highest BCUT2D eigenvalue weighted by Crippen LogP contribution is 2.56. The Morgan fingerprint density at radius 2 is 1.75 bits per heavy atom. The number of aromatic nitrogens is 2. The van der Waals surface area contributed by atoms with Gasteiger partial charge in [0, 0.05) is 17.0 Å². The molecule has 9 nitrogen and oxygen atoms in total. The zero-order valence-corrected chi connectivity index (χ0v) is 23.0. The molecule has 36 heavy (non-hydrogen) atoms. The van der Waals surface area contributed by atoms with Crippen LogP contribution in [0.2, 0.25) is 0 Å². The number of amides is 1. The van der Waals surface area contributed by atoms with Gasteiger partial charge in [-0.25, -0.2) is 13.8 Å². The fraction of sp³-hybridized carbons (Fsp3) is 0.542. The van der Waals surface area contributed by atoms with Crippen LogP contribution >= 0.6 is 19.6 Å². The molecule has 0 radical (unpaired) electrons. The zero-order valence-electron chi connectivity index (χ0n) is 21.3. The van der Waals surface area contributed by atoms with Crippen LogP contribution in [0.3, 0.4) is 0 Å². The molecular formula is C24H33FN3O6PS. The normalized spacial score (nSPS) is 20.9. The lowest BCUT2D eigenvalue weighted by Gasteiger charge is -2.31. The first-order valence-corrected chi connectivity index (χ1v) is 14.0. The van der Waals surface area contributed by atoms with Crippen LogP contribution < -0.4 is 11.0 Å². The van der Waals surface area contributed by atoms with Gasteiger partial charge in [-0.15, -0.1) is 11.8 Å². The average molecular weight is 542 g/mol. The number of rotatable bonds is 8. The topological polar surface area (TPSA) is 109 Å². The van der Waals surface area contributed by atoms with Gasteiger partial charge in [-0.2, -0.15) is 4.98 Å². The molecule has 0 saturated carbocycles. The van der Waals surface area contributed by atoms with Crippen LogP contribution in [-0.4, -0.2) is 44.7 Å². The summed E-state index contributed by atoms with van der Waals surface area (Å²) in [7, 11) is -3.94. The van der Waals surface area contributed by atoms with E-state index >= 15 is 0 Å². The predicted octanol–water partition coefficient (Wildman–Crippen LogP) is 5.59. The van der Waals surface area contributed by atoms with Crippen molar-refractivity contribution >= 4 is 31.3 Å². The first kappa shape index (κ1) is 28.5. The third-order valence-corrected chi connectivity index (χ3v) is 8.22. The summed E-state index contributed by atoms with van der Waals surface area (Å²) in [6.45, 7) is 10.3. The number of alkyl halides is 1. The van der Waals surface area contributed by atoms with E-state index in [9.17, 15) is 18.5 Å². The molecule has 1 aliphatic rings. The summed E-state index contributed by atoms with van der Waals surface area (Å²) in [5.74, 6) is -0.335. The molecule has 1 saturated heterocycles. The number of hydrogen-bond donors (Lipinski definition) is 1. The van der Waals surface area contributed by atoms with Crippen molar-refractivity contribution in [3.05, 3.63) is 58.6 Å². The minimum absolute atomic E-state index is 0.0722. The summed E-state index contributed by atoms with van der Waals surface area (Å²) in [6.07, 6.45) is 0.123. The highest BCUT2D eigenvalue weighted by atomic mass is 32.2. The zero-order chi connectivity index (χ0) is 26.7. The Bertz CT molecular complexity index is 1140. The second kappa shape index (κ2) is 11.1. The molecule has 198 valence electrons.